The van der Waals surface area contributed by atoms with Crippen LogP contribution < -0.4 is 10.1 Å². The first-order valence-corrected chi connectivity index (χ1v) is 7.19. The van der Waals surface area contributed by atoms with Gasteiger partial charge >= 0.3 is 0 Å². The fourth-order valence-electron chi connectivity index (χ4n) is 2.28. The van der Waals surface area contributed by atoms with Crippen molar-refractivity contribution < 1.29 is 9.53 Å². The Morgan fingerprint density at radius 1 is 1.18 bits per heavy atom. The third-order valence-corrected chi connectivity index (χ3v) is 3.37. The van der Waals surface area contributed by atoms with Crippen LogP contribution in [0.5, 0.6) is 5.75 Å². The molecule has 112 valence electrons. The molecule has 0 atom stereocenters. The van der Waals surface area contributed by atoms with Gasteiger partial charge in [-0.05, 0) is 29.8 Å². The molecule has 1 aromatic heterocycles. The number of amides is 1. The van der Waals surface area contributed by atoms with Crippen molar-refractivity contribution in [1.82, 2.24) is 9.78 Å². The molecule has 1 amide bonds. The van der Waals surface area contributed by atoms with Gasteiger partial charge in [-0.2, -0.15) is 5.10 Å². The zero-order valence-electron chi connectivity index (χ0n) is 12.3. The summed E-state index contributed by atoms with van der Waals surface area (Å²) in [5.41, 5.74) is 0. The van der Waals surface area contributed by atoms with E-state index < -0.39 is 0 Å². The largest absolute Gasteiger partial charge is 0.484 e. The Morgan fingerprint density at radius 2 is 2.00 bits per heavy atom. The molecule has 0 bridgehead atoms. The Labute approximate surface area is 128 Å². The number of carbonyl (C=O) groups excluding carboxylic acids is 1. The van der Waals surface area contributed by atoms with Crippen LogP contribution in [0.15, 0.2) is 54.7 Å². The Kier molecular flexibility index (Phi) is 4.05. The normalized spacial score (nSPS) is 10.6. The van der Waals surface area contributed by atoms with Crippen LogP contribution >= 0.6 is 0 Å². The number of hydrogen-bond acceptors (Lipinski definition) is 3. The summed E-state index contributed by atoms with van der Waals surface area (Å²) in [6, 6.07) is 15.6. The third-order valence-electron chi connectivity index (χ3n) is 3.37. The Bertz CT molecular complexity index is 795. The summed E-state index contributed by atoms with van der Waals surface area (Å²) in [7, 11) is 0. The molecule has 0 aliphatic rings. The van der Waals surface area contributed by atoms with E-state index in [0.29, 0.717) is 18.1 Å². The lowest BCUT2D eigenvalue weighted by molar-refractivity contribution is -0.118. The van der Waals surface area contributed by atoms with Crippen molar-refractivity contribution in [3.05, 3.63) is 54.7 Å². The van der Waals surface area contributed by atoms with Crippen molar-refractivity contribution in [2.24, 2.45) is 0 Å². The summed E-state index contributed by atoms with van der Waals surface area (Å²) in [6.45, 7) is 2.63. The summed E-state index contributed by atoms with van der Waals surface area (Å²) in [5, 5.41) is 9.12. The summed E-state index contributed by atoms with van der Waals surface area (Å²) in [5.74, 6) is 1.15. The molecule has 0 fully saturated rings. The first-order chi connectivity index (χ1) is 10.8. The number of hydrogen-bond donors (Lipinski definition) is 1. The van der Waals surface area contributed by atoms with Gasteiger partial charge < -0.3 is 10.1 Å². The molecule has 0 radical (unpaired) electrons. The second-order valence-corrected chi connectivity index (χ2v) is 4.88. The highest BCUT2D eigenvalue weighted by atomic mass is 16.5. The average molecular weight is 295 g/mol. The molecule has 0 spiro atoms. The number of aromatic nitrogens is 2. The maximum absolute atomic E-state index is 11.9. The quantitative estimate of drug-likeness (QED) is 0.787. The lowest BCUT2D eigenvalue weighted by atomic mass is 10.1. The molecule has 3 aromatic rings. The number of benzene rings is 2. The molecule has 1 heterocycles. The van der Waals surface area contributed by atoms with Crippen LogP contribution in [0.3, 0.4) is 0 Å². The van der Waals surface area contributed by atoms with Gasteiger partial charge in [-0.1, -0.05) is 30.3 Å². The molecule has 0 saturated heterocycles. The highest BCUT2D eigenvalue weighted by Crippen LogP contribution is 2.20. The Morgan fingerprint density at radius 3 is 2.82 bits per heavy atom. The number of anilines is 1. The number of fused-ring (bicyclic) bond motifs is 1. The molecular formula is C17H17N3O2. The van der Waals surface area contributed by atoms with Gasteiger partial charge in [0.2, 0.25) is 0 Å². The van der Waals surface area contributed by atoms with Crippen LogP contribution in [0.2, 0.25) is 0 Å². The second-order valence-electron chi connectivity index (χ2n) is 4.88. The van der Waals surface area contributed by atoms with Crippen molar-refractivity contribution in [3.8, 4) is 5.75 Å². The van der Waals surface area contributed by atoms with E-state index in [1.165, 1.54) is 0 Å². The Hall–Kier alpha value is -2.82. The number of rotatable bonds is 5. The van der Waals surface area contributed by atoms with Crippen molar-refractivity contribution in [2.75, 3.05) is 11.9 Å². The molecule has 1 N–H and O–H groups in total. The first kappa shape index (κ1) is 14.1. The van der Waals surface area contributed by atoms with Gasteiger partial charge in [-0.15, -0.1) is 0 Å². The minimum atomic E-state index is -0.205. The topological polar surface area (TPSA) is 56.2 Å². The lowest BCUT2D eigenvalue weighted by Gasteiger charge is -2.09. The maximum atomic E-state index is 11.9. The smallest absolute Gasteiger partial charge is 0.263 e. The molecule has 0 saturated carbocycles. The van der Waals surface area contributed by atoms with Crippen LogP contribution in [-0.2, 0) is 11.3 Å². The van der Waals surface area contributed by atoms with Gasteiger partial charge in [0, 0.05) is 12.6 Å². The maximum Gasteiger partial charge on any atom is 0.263 e. The number of aryl methyl sites for hydroxylation is 1. The number of ether oxygens (including phenoxy) is 1. The molecule has 5 nitrogen and oxygen atoms in total. The van der Waals surface area contributed by atoms with E-state index in [0.717, 1.165) is 10.8 Å². The van der Waals surface area contributed by atoms with Crippen LogP contribution in [0.1, 0.15) is 6.92 Å². The zero-order valence-corrected chi connectivity index (χ0v) is 12.3. The summed E-state index contributed by atoms with van der Waals surface area (Å²) < 4.78 is 7.27. The average Bonchev–Trinajstić information content (AvgIpc) is 3.00. The third kappa shape index (κ3) is 3.09. The minimum absolute atomic E-state index is 0.0345. The van der Waals surface area contributed by atoms with Gasteiger partial charge in [-0.25, -0.2) is 4.68 Å². The van der Waals surface area contributed by atoms with E-state index in [-0.39, 0.29) is 12.5 Å². The molecule has 0 aliphatic carbocycles. The van der Waals surface area contributed by atoms with Gasteiger partial charge in [-0.3, -0.25) is 4.79 Å². The van der Waals surface area contributed by atoms with Crippen LogP contribution in [-0.4, -0.2) is 22.3 Å². The summed E-state index contributed by atoms with van der Waals surface area (Å²) >= 11 is 0. The lowest BCUT2D eigenvalue weighted by Crippen LogP contribution is -2.22. The van der Waals surface area contributed by atoms with E-state index in [1.807, 2.05) is 49.4 Å². The summed E-state index contributed by atoms with van der Waals surface area (Å²) in [4.78, 5) is 11.9. The molecule has 5 heteroatoms. The van der Waals surface area contributed by atoms with Crippen molar-refractivity contribution >= 4 is 22.5 Å². The predicted octanol–water partition coefficient (Wildman–Crippen LogP) is 3.07. The number of nitrogens with zero attached hydrogens (tertiary/aromatic N) is 2. The number of nitrogens with one attached hydrogen (secondary N) is 1. The van der Waals surface area contributed by atoms with E-state index in [9.17, 15) is 4.79 Å². The monoisotopic (exact) mass is 295 g/mol. The number of carbonyl (C=O) groups is 1. The predicted molar refractivity (Wildman–Crippen MR) is 86.0 cm³/mol. The van der Waals surface area contributed by atoms with Gasteiger partial charge in [0.25, 0.3) is 5.91 Å². The Balaban J connectivity index is 1.62. The van der Waals surface area contributed by atoms with E-state index >= 15 is 0 Å². The van der Waals surface area contributed by atoms with Crippen molar-refractivity contribution in [1.29, 1.82) is 0 Å². The first-order valence-electron chi connectivity index (χ1n) is 7.19. The molecule has 2 aromatic carbocycles. The standard InChI is InChI=1S/C17H17N3O2/c1-2-20-16(9-10-18-20)19-17(21)12-22-15-8-7-13-5-3-4-6-14(13)11-15/h3-11H,2,12H2,1H3,(H,19,21). The summed E-state index contributed by atoms with van der Waals surface area (Å²) in [6.07, 6.45) is 1.66. The van der Waals surface area contributed by atoms with Crippen LogP contribution in [0.25, 0.3) is 10.8 Å². The van der Waals surface area contributed by atoms with Gasteiger partial charge in [0.15, 0.2) is 6.61 Å². The minimum Gasteiger partial charge on any atom is -0.484 e. The van der Waals surface area contributed by atoms with E-state index in [1.54, 1.807) is 16.9 Å². The highest BCUT2D eigenvalue weighted by molar-refractivity contribution is 5.91. The second kappa shape index (κ2) is 6.30. The highest BCUT2D eigenvalue weighted by Gasteiger charge is 2.07. The zero-order chi connectivity index (χ0) is 15.4. The van der Waals surface area contributed by atoms with E-state index in [2.05, 4.69) is 10.4 Å². The molecule has 0 aliphatic heterocycles. The van der Waals surface area contributed by atoms with Crippen LogP contribution in [0, 0.1) is 0 Å². The van der Waals surface area contributed by atoms with Gasteiger partial charge in [0.1, 0.15) is 11.6 Å². The fourth-order valence-corrected chi connectivity index (χ4v) is 2.28. The molecule has 22 heavy (non-hydrogen) atoms. The van der Waals surface area contributed by atoms with Gasteiger partial charge in [0.05, 0.1) is 6.20 Å². The molecule has 0 unspecified atom stereocenters. The van der Waals surface area contributed by atoms with Crippen LogP contribution in [0.4, 0.5) is 5.82 Å². The molecule has 3 rings (SSSR count). The van der Waals surface area contributed by atoms with Crippen molar-refractivity contribution in [2.45, 2.75) is 13.5 Å². The van der Waals surface area contributed by atoms with Crippen molar-refractivity contribution in [3.63, 3.8) is 0 Å². The fraction of sp³-hybridized carbons (Fsp3) is 0.176. The molecular weight excluding hydrogens is 278 g/mol. The van der Waals surface area contributed by atoms with E-state index in [4.69, 9.17) is 4.74 Å². The SMILES string of the molecule is CCn1nccc1NC(=O)COc1ccc2ccccc2c1.